The maximum atomic E-state index is 10.8. The molecule has 4 N–H and O–H groups in total. The second-order valence-corrected chi connectivity index (χ2v) is 9.72. The number of rotatable bonds is 9. The summed E-state index contributed by atoms with van der Waals surface area (Å²) < 4.78 is 5.85. The molecule has 1 saturated heterocycles. The lowest BCUT2D eigenvalue weighted by atomic mass is 9.96. The molecule has 4 rings (SSSR count). The van der Waals surface area contributed by atoms with E-state index in [4.69, 9.17) is 26.9 Å². The number of phenols is 1. The predicted octanol–water partition coefficient (Wildman–Crippen LogP) is 4.79. The summed E-state index contributed by atoms with van der Waals surface area (Å²) in [7, 11) is 0. The topological polar surface area (TPSA) is 120 Å². The molecule has 224 valence electrons. The van der Waals surface area contributed by atoms with Crippen molar-refractivity contribution in [1.29, 1.82) is 0 Å². The number of hydrogen-bond donors (Lipinski definition) is 3. The third-order valence-electron chi connectivity index (χ3n) is 6.63. The minimum absolute atomic E-state index is 0. The normalized spacial score (nSPS) is 13.8. The Hall–Kier alpha value is -4.07. The van der Waals surface area contributed by atoms with E-state index in [1.54, 1.807) is 12.1 Å². The standard InChI is InChI=1S/C30H33ClN4O4.CH2O.CH4/c31-26-12-10-25(11-13-26)29(24-7-2-1-3-8-24)34-18-16-33(17-19-34)20-21-39-28-14-9-23(22-27(28)36)6-4-5-15-35(38)30(32)37;1-2;/h1-3,7-14,22,29,36,38H,5,15-21H2,(H2,32,37);1H2;1H4/t29-;;/m1../s1. The number of carbonyl (C=O) groups is 2. The molecule has 3 aromatic carbocycles. The van der Waals surface area contributed by atoms with Gasteiger partial charge in [0.25, 0.3) is 0 Å². The van der Waals surface area contributed by atoms with Gasteiger partial charge in [0, 0.05) is 49.7 Å². The average Bonchev–Trinajstić information content (AvgIpc) is 2.99. The number of hydroxylamine groups is 2. The van der Waals surface area contributed by atoms with Crippen LogP contribution in [-0.4, -0.2) is 83.9 Å². The van der Waals surface area contributed by atoms with E-state index in [9.17, 15) is 15.1 Å². The Morgan fingerprint density at radius 3 is 2.29 bits per heavy atom. The van der Waals surface area contributed by atoms with Gasteiger partial charge in [0.05, 0.1) is 12.6 Å². The Labute approximate surface area is 253 Å². The molecule has 10 heteroatoms. The van der Waals surface area contributed by atoms with Crippen molar-refractivity contribution in [3.63, 3.8) is 0 Å². The van der Waals surface area contributed by atoms with Crippen LogP contribution in [0.5, 0.6) is 11.5 Å². The molecule has 1 aliphatic rings. The number of piperazine rings is 1. The van der Waals surface area contributed by atoms with E-state index in [1.807, 2.05) is 25.0 Å². The van der Waals surface area contributed by atoms with Gasteiger partial charge in [0.15, 0.2) is 11.5 Å². The first-order valence-corrected chi connectivity index (χ1v) is 13.5. The second kappa shape index (κ2) is 17.7. The smallest absolute Gasteiger partial charge is 0.338 e. The molecule has 0 spiro atoms. The van der Waals surface area contributed by atoms with Gasteiger partial charge in [-0.1, -0.05) is 73.3 Å². The highest BCUT2D eigenvalue weighted by atomic mass is 35.5. The van der Waals surface area contributed by atoms with Gasteiger partial charge in [0.1, 0.15) is 13.4 Å². The van der Waals surface area contributed by atoms with Crippen LogP contribution in [0.2, 0.25) is 5.02 Å². The number of amides is 2. The number of aromatic hydroxyl groups is 1. The van der Waals surface area contributed by atoms with Crippen LogP contribution in [0.3, 0.4) is 0 Å². The van der Waals surface area contributed by atoms with Gasteiger partial charge in [-0.2, -0.15) is 0 Å². The van der Waals surface area contributed by atoms with Gasteiger partial charge < -0.3 is 20.4 Å². The first-order chi connectivity index (χ1) is 19.9. The third kappa shape index (κ3) is 10.1. The molecule has 3 aromatic rings. The summed E-state index contributed by atoms with van der Waals surface area (Å²) in [4.78, 5) is 23.7. The van der Waals surface area contributed by atoms with Crippen LogP contribution in [0.1, 0.15) is 36.6 Å². The van der Waals surface area contributed by atoms with Gasteiger partial charge in [0.2, 0.25) is 0 Å². The van der Waals surface area contributed by atoms with Gasteiger partial charge in [-0.15, -0.1) is 0 Å². The van der Waals surface area contributed by atoms with Crippen molar-refractivity contribution in [2.45, 2.75) is 19.9 Å². The third-order valence-corrected chi connectivity index (χ3v) is 6.88. The highest BCUT2D eigenvalue weighted by Gasteiger charge is 2.26. The lowest BCUT2D eigenvalue weighted by Gasteiger charge is -2.39. The summed E-state index contributed by atoms with van der Waals surface area (Å²) >= 11 is 6.15. The van der Waals surface area contributed by atoms with Gasteiger partial charge in [-0.25, -0.2) is 9.86 Å². The van der Waals surface area contributed by atoms with Crippen LogP contribution < -0.4 is 10.5 Å². The van der Waals surface area contributed by atoms with E-state index in [0.717, 1.165) is 37.7 Å². The Bertz CT molecular complexity index is 1310. The Morgan fingerprint density at radius 1 is 1.02 bits per heavy atom. The highest BCUT2D eigenvalue weighted by molar-refractivity contribution is 6.30. The number of hydrogen-bond acceptors (Lipinski definition) is 7. The quantitative estimate of drug-likeness (QED) is 0.185. The van der Waals surface area contributed by atoms with E-state index in [2.05, 4.69) is 58.0 Å². The van der Waals surface area contributed by atoms with Crippen molar-refractivity contribution in [3.8, 4) is 23.3 Å². The molecule has 1 aliphatic heterocycles. The lowest BCUT2D eigenvalue weighted by Crippen LogP contribution is -2.48. The fourth-order valence-electron chi connectivity index (χ4n) is 4.58. The first kappa shape index (κ1) is 34.1. The van der Waals surface area contributed by atoms with Crippen molar-refractivity contribution in [2.75, 3.05) is 45.9 Å². The van der Waals surface area contributed by atoms with Crippen LogP contribution >= 0.6 is 11.6 Å². The molecule has 0 saturated carbocycles. The largest absolute Gasteiger partial charge is 0.504 e. The van der Waals surface area contributed by atoms with E-state index >= 15 is 0 Å². The van der Waals surface area contributed by atoms with E-state index in [0.29, 0.717) is 23.0 Å². The summed E-state index contributed by atoms with van der Waals surface area (Å²) in [5.41, 5.74) is 8.05. The number of nitrogens with zero attached hydrogens (tertiary/aromatic N) is 3. The fraction of sp³-hybridized carbons (Fsp3) is 0.312. The Kier molecular flexibility index (Phi) is 14.4. The fourth-order valence-corrected chi connectivity index (χ4v) is 4.70. The first-order valence-electron chi connectivity index (χ1n) is 13.2. The maximum absolute atomic E-state index is 10.8. The second-order valence-electron chi connectivity index (χ2n) is 9.29. The Balaban J connectivity index is 0.00000201. The number of urea groups is 1. The number of nitrogens with two attached hydrogens (primary N) is 1. The summed E-state index contributed by atoms with van der Waals surface area (Å²) in [5.74, 6) is 6.13. The monoisotopic (exact) mass is 594 g/mol. The van der Waals surface area contributed by atoms with Crippen molar-refractivity contribution in [2.24, 2.45) is 5.73 Å². The van der Waals surface area contributed by atoms with Crippen molar-refractivity contribution in [3.05, 3.63) is 94.5 Å². The summed E-state index contributed by atoms with van der Waals surface area (Å²) in [6, 6.07) is 22.9. The van der Waals surface area contributed by atoms with E-state index in [-0.39, 0.29) is 32.2 Å². The molecule has 0 aliphatic carbocycles. The molecule has 1 fully saturated rings. The predicted molar refractivity (Wildman–Crippen MR) is 165 cm³/mol. The number of primary amides is 1. The number of phenolic OH excluding ortho intramolecular Hbond substituents is 1. The average molecular weight is 595 g/mol. The molecule has 0 aromatic heterocycles. The van der Waals surface area contributed by atoms with Crippen molar-refractivity contribution in [1.82, 2.24) is 14.9 Å². The summed E-state index contributed by atoms with van der Waals surface area (Å²) in [6.07, 6.45) is 0.248. The van der Waals surface area contributed by atoms with E-state index < -0.39 is 6.03 Å². The molecule has 2 amide bonds. The molecule has 42 heavy (non-hydrogen) atoms. The SMILES string of the molecule is C.C=O.NC(=O)N(O)CCC#Cc1ccc(OCCN2CCN([C@H](c3ccccc3)c3ccc(Cl)cc3)CC2)c(O)c1. The molecule has 9 nitrogen and oxygen atoms in total. The zero-order valence-electron chi connectivity index (χ0n) is 22.8. The number of carbonyl (C=O) groups excluding carboxylic acids is 2. The van der Waals surface area contributed by atoms with Crippen molar-refractivity contribution >= 4 is 24.4 Å². The maximum Gasteiger partial charge on any atom is 0.338 e. The Morgan fingerprint density at radius 2 is 1.67 bits per heavy atom. The molecule has 0 bridgehead atoms. The number of ether oxygens (including phenoxy) is 1. The number of benzene rings is 3. The minimum atomic E-state index is -0.924. The zero-order valence-corrected chi connectivity index (χ0v) is 23.5. The van der Waals surface area contributed by atoms with Crippen LogP contribution in [-0.2, 0) is 4.79 Å². The van der Waals surface area contributed by atoms with Crippen LogP contribution in [0.4, 0.5) is 4.79 Å². The van der Waals surface area contributed by atoms with Gasteiger partial charge in [-0.05, 0) is 41.5 Å². The minimum Gasteiger partial charge on any atom is -0.504 e. The van der Waals surface area contributed by atoms with Gasteiger partial charge >= 0.3 is 6.03 Å². The molecule has 1 heterocycles. The molecular weight excluding hydrogens is 556 g/mol. The molecular formula is C32H39ClN4O5. The van der Waals surface area contributed by atoms with Gasteiger partial charge in [-0.3, -0.25) is 15.0 Å². The zero-order chi connectivity index (χ0) is 29.6. The number of halogens is 1. The highest BCUT2D eigenvalue weighted by Crippen LogP contribution is 2.30. The van der Waals surface area contributed by atoms with Crippen LogP contribution in [0, 0.1) is 11.8 Å². The van der Waals surface area contributed by atoms with Crippen LogP contribution in [0.25, 0.3) is 0 Å². The summed E-state index contributed by atoms with van der Waals surface area (Å²) in [6.45, 7) is 6.91. The van der Waals surface area contributed by atoms with Crippen LogP contribution in [0.15, 0.2) is 72.8 Å². The van der Waals surface area contributed by atoms with Crippen molar-refractivity contribution < 1.29 is 24.6 Å². The molecule has 0 unspecified atom stereocenters. The molecule has 1 atom stereocenters. The summed E-state index contributed by atoms with van der Waals surface area (Å²) in [5, 5.41) is 20.7. The lowest BCUT2D eigenvalue weighted by molar-refractivity contribution is -0.0980. The van der Waals surface area contributed by atoms with E-state index in [1.165, 1.54) is 17.2 Å². The molecule has 0 radical (unpaired) electrons.